The Hall–Kier alpha value is -1.73. The Morgan fingerprint density at radius 1 is 1.43 bits per heavy atom. The number of nitrogens with zero attached hydrogens (tertiary/aromatic N) is 5. The van der Waals surface area contributed by atoms with Crippen LogP contribution in [-0.4, -0.2) is 53.6 Å². The van der Waals surface area contributed by atoms with Crippen molar-refractivity contribution in [1.29, 1.82) is 0 Å². The summed E-state index contributed by atoms with van der Waals surface area (Å²) in [5, 5.41) is 0. The van der Waals surface area contributed by atoms with Gasteiger partial charge >= 0.3 is 0 Å². The summed E-state index contributed by atoms with van der Waals surface area (Å²) >= 11 is 1.74. The van der Waals surface area contributed by atoms with Crippen molar-refractivity contribution in [3.8, 4) is 5.88 Å². The third-order valence-corrected chi connectivity index (χ3v) is 5.14. The van der Waals surface area contributed by atoms with Crippen LogP contribution in [0.3, 0.4) is 0 Å². The molecule has 0 radical (unpaired) electrons. The summed E-state index contributed by atoms with van der Waals surface area (Å²) < 4.78 is 5.18. The molecule has 124 valence electrons. The fraction of sp³-hybridized carbons (Fsp3) is 0.562. The number of thiazole rings is 1. The van der Waals surface area contributed by atoms with Gasteiger partial charge in [-0.3, -0.25) is 0 Å². The molecule has 3 rings (SSSR count). The van der Waals surface area contributed by atoms with Crippen LogP contribution in [0, 0.1) is 12.8 Å². The van der Waals surface area contributed by atoms with Crippen molar-refractivity contribution in [1.82, 2.24) is 19.9 Å². The van der Waals surface area contributed by atoms with E-state index >= 15 is 0 Å². The second-order valence-electron chi connectivity index (χ2n) is 6.06. The maximum Gasteiger partial charge on any atom is 0.228 e. The molecule has 7 heteroatoms. The number of methoxy groups -OCH3 is 1. The van der Waals surface area contributed by atoms with Gasteiger partial charge in [-0.25, -0.2) is 9.97 Å². The second kappa shape index (κ2) is 7.23. The number of aryl methyl sites for hydroxylation is 1. The quantitative estimate of drug-likeness (QED) is 0.808. The number of anilines is 1. The van der Waals surface area contributed by atoms with E-state index in [0.717, 1.165) is 37.8 Å². The predicted octanol–water partition coefficient (Wildman–Crippen LogP) is 2.21. The summed E-state index contributed by atoms with van der Waals surface area (Å²) in [6, 6.07) is 1.78. The number of hydrogen-bond donors (Lipinski definition) is 0. The molecule has 2 aromatic heterocycles. The van der Waals surface area contributed by atoms with E-state index in [0.29, 0.717) is 11.8 Å². The van der Waals surface area contributed by atoms with Gasteiger partial charge in [0, 0.05) is 43.3 Å². The molecule has 0 aliphatic carbocycles. The highest BCUT2D eigenvalue weighted by Crippen LogP contribution is 2.23. The zero-order valence-electron chi connectivity index (χ0n) is 13.9. The average molecular weight is 333 g/mol. The van der Waals surface area contributed by atoms with Crippen LogP contribution < -0.4 is 9.64 Å². The van der Waals surface area contributed by atoms with Crippen molar-refractivity contribution in [2.45, 2.75) is 19.9 Å². The zero-order chi connectivity index (χ0) is 16.2. The topological polar surface area (TPSA) is 54.4 Å². The SMILES string of the molecule is COc1ccnc(N2CCC(CN(C)Cc3scnc3C)C2)n1. The second-order valence-corrected chi connectivity index (χ2v) is 7.00. The standard InChI is InChI=1S/C16H23N5OS/c1-12-14(23-11-18-12)10-20(2)8-13-5-7-21(9-13)16-17-6-4-15(19-16)22-3/h4,6,11,13H,5,7-10H2,1-3H3. The normalized spacial score (nSPS) is 17.9. The van der Waals surface area contributed by atoms with E-state index < -0.39 is 0 Å². The maximum atomic E-state index is 5.18. The largest absolute Gasteiger partial charge is 0.481 e. The van der Waals surface area contributed by atoms with Crippen molar-refractivity contribution in [2.24, 2.45) is 5.92 Å². The monoisotopic (exact) mass is 333 g/mol. The van der Waals surface area contributed by atoms with Gasteiger partial charge in [-0.1, -0.05) is 0 Å². The van der Waals surface area contributed by atoms with Gasteiger partial charge in [0.2, 0.25) is 11.8 Å². The van der Waals surface area contributed by atoms with E-state index in [1.807, 2.05) is 5.51 Å². The molecule has 1 atom stereocenters. The van der Waals surface area contributed by atoms with Gasteiger partial charge in [-0.2, -0.15) is 4.98 Å². The molecular weight excluding hydrogens is 310 g/mol. The van der Waals surface area contributed by atoms with Gasteiger partial charge in [-0.05, 0) is 26.3 Å². The Balaban J connectivity index is 1.54. The van der Waals surface area contributed by atoms with Crippen LogP contribution in [-0.2, 0) is 6.54 Å². The van der Waals surface area contributed by atoms with Crippen molar-refractivity contribution in [3.05, 3.63) is 28.3 Å². The smallest absolute Gasteiger partial charge is 0.228 e. The summed E-state index contributed by atoms with van der Waals surface area (Å²) in [6.45, 7) is 6.14. The van der Waals surface area contributed by atoms with Gasteiger partial charge in [-0.15, -0.1) is 11.3 Å². The average Bonchev–Trinajstić information content (AvgIpc) is 3.17. The Kier molecular flexibility index (Phi) is 5.07. The van der Waals surface area contributed by atoms with E-state index in [4.69, 9.17) is 4.74 Å². The molecule has 1 fully saturated rings. The Labute approximate surface area is 141 Å². The molecule has 0 N–H and O–H groups in total. The lowest BCUT2D eigenvalue weighted by molar-refractivity contribution is 0.281. The molecule has 0 saturated carbocycles. The van der Waals surface area contributed by atoms with Crippen LogP contribution in [0.2, 0.25) is 0 Å². The lowest BCUT2D eigenvalue weighted by Gasteiger charge is -2.21. The van der Waals surface area contributed by atoms with Crippen LogP contribution in [0.4, 0.5) is 5.95 Å². The summed E-state index contributed by atoms with van der Waals surface area (Å²) in [5.41, 5.74) is 3.08. The van der Waals surface area contributed by atoms with E-state index in [2.05, 4.69) is 38.7 Å². The number of aromatic nitrogens is 3. The molecular formula is C16H23N5OS. The molecule has 1 saturated heterocycles. The number of rotatable bonds is 6. The molecule has 6 nitrogen and oxygen atoms in total. The highest BCUT2D eigenvalue weighted by Gasteiger charge is 2.25. The van der Waals surface area contributed by atoms with E-state index in [1.165, 1.54) is 11.3 Å². The molecule has 1 aliphatic rings. The third-order valence-electron chi connectivity index (χ3n) is 4.22. The molecule has 3 heterocycles. The number of hydrogen-bond acceptors (Lipinski definition) is 7. The Morgan fingerprint density at radius 3 is 3.04 bits per heavy atom. The molecule has 1 unspecified atom stereocenters. The lowest BCUT2D eigenvalue weighted by Crippen LogP contribution is -2.28. The van der Waals surface area contributed by atoms with Crippen molar-refractivity contribution in [3.63, 3.8) is 0 Å². The molecule has 0 bridgehead atoms. The maximum absolute atomic E-state index is 5.18. The van der Waals surface area contributed by atoms with Crippen LogP contribution in [0.15, 0.2) is 17.8 Å². The van der Waals surface area contributed by atoms with Crippen LogP contribution in [0.1, 0.15) is 17.0 Å². The Bertz CT molecular complexity index is 647. The zero-order valence-corrected chi connectivity index (χ0v) is 14.7. The highest BCUT2D eigenvalue weighted by molar-refractivity contribution is 7.09. The minimum Gasteiger partial charge on any atom is -0.481 e. The third kappa shape index (κ3) is 3.97. The fourth-order valence-electron chi connectivity index (χ4n) is 2.99. The first-order valence-electron chi connectivity index (χ1n) is 7.85. The van der Waals surface area contributed by atoms with Gasteiger partial charge in [0.15, 0.2) is 0 Å². The van der Waals surface area contributed by atoms with Crippen LogP contribution in [0.25, 0.3) is 0 Å². The molecule has 2 aromatic rings. The van der Waals surface area contributed by atoms with Crippen molar-refractivity contribution in [2.75, 3.05) is 38.7 Å². The summed E-state index contributed by atoms with van der Waals surface area (Å²) in [6.07, 6.45) is 2.93. The molecule has 23 heavy (non-hydrogen) atoms. The van der Waals surface area contributed by atoms with E-state index in [-0.39, 0.29) is 0 Å². The Morgan fingerprint density at radius 2 is 2.30 bits per heavy atom. The molecule has 0 aromatic carbocycles. The molecule has 0 spiro atoms. The van der Waals surface area contributed by atoms with E-state index in [9.17, 15) is 0 Å². The van der Waals surface area contributed by atoms with Gasteiger partial charge in [0.1, 0.15) is 0 Å². The summed E-state index contributed by atoms with van der Waals surface area (Å²) in [4.78, 5) is 19.1. The summed E-state index contributed by atoms with van der Waals surface area (Å²) in [7, 11) is 3.82. The first kappa shape index (κ1) is 16.1. The van der Waals surface area contributed by atoms with Gasteiger partial charge in [0.05, 0.1) is 18.3 Å². The van der Waals surface area contributed by atoms with Crippen LogP contribution >= 0.6 is 11.3 Å². The van der Waals surface area contributed by atoms with Crippen molar-refractivity contribution < 1.29 is 4.74 Å². The number of ether oxygens (including phenoxy) is 1. The minimum absolute atomic E-state index is 0.622. The first-order chi connectivity index (χ1) is 11.2. The van der Waals surface area contributed by atoms with E-state index in [1.54, 1.807) is 30.7 Å². The fourth-order valence-corrected chi connectivity index (χ4v) is 3.85. The highest BCUT2D eigenvalue weighted by atomic mass is 32.1. The van der Waals surface area contributed by atoms with Crippen molar-refractivity contribution >= 4 is 17.3 Å². The predicted molar refractivity (Wildman–Crippen MR) is 92.1 cm³/mol. The molecule has 0 amide bonds. The van der Waals surface area contributed by atoms with Crippen LogP contribution in [0.5, 0.6) is 5.88 Å². The first-order valence-corrected chi connectivity index (χ1v) is 8.73. The summed E-state index contributed by atoms with van der Waals surface area (Å²) in [5.74, 6) is 2.03. The minimum atomic E-state index is 0.622. The van der Waals surface area contributed by atoms with Gasteiger partial charge < -0.3 is 14.5 Å². The van der Waals surface area contributed by atoms with Gasteiger partial charge in [0.25, 0.3) is 0 Å². The lowest BCUT2D eigenvalue weighted by atomic mass is 10.1. The molecule has 1 aliphatic heterocycles.